The summed E-state index contributed by atoms with van der Waals surface area (Å²) in [6.07, 6.45) is 2.65. The number of hydrogen-bond donors (Lipinski definition) is 2. The molecule has 11 heteroatoms. The van der Waals surface area contributed by atoms with Crippen molar-refractivity contribution in [2.24, 2.45) is 0 Å². The Morgan fingerprint density at radius 1 is 1.17 bits per heavy atom. The van der Waals surface area contributed by atoms with Crippen LogP contribution in [0.2, 0.25) is 0 Å². The number of halogens is 1. The van der Waals surface area contributed by atoms with Crippen molar-refractivity contribution in [1.82, 2.24) is 34.7 Å². The summed E-state index contributed by atoms with van der Waals surface area (Å²) in [5.74, 6) is -0.0283. The van der Waals surface area contributed by atoms with Crippen LogP contribution >= 0.6 is 0 Å². The quantitative estimate of drug-likeness (QED) is 0.376. The average molecular weight is 479 g/mol. The number of pyridine rings is 1. The molecule has 0 saturated heterocycles. The minimum Gasteiger partial charge on any atom is -0.464 e. The molecule has 3 N–H and O–H groups in total. The second-order valence-corrected chi connectivity index (χ2v) is 8.17. The Bertz CT molecular complexity index is 1340. The van der Waals surface area contributed by atoms with Gasteiger partial charge in [-0.05, 0) is 44.8 Å². The van der Waals surface area contributed by atoms with E-state index in [9.17, 15) is 9.18 Å². The number of ether oxygens (including phenoxy) is 1. The van der Waals surface area contributed by atoms with E-state index >= 15 is 0 Å². The number of nitrogen functional groups attached to an aromatic ring is 1. The zero-order valence-electron chi connectivity index (χ0n) is 19.8. The zero-order chi connectivity index (χ0) is 24.9. The van der Waals surface area contributed by atoms with E-state index in [1.807, 2.05) is 38.1 Å². The summed E-state index contributed by atoms with van der Waals surface area (Å²) in [5.41, 5.74) is 8.88. The van der Waals surface area contributed by atoms with Crippen molar-refractivity contribution in [2.45, 2.75) is 13.5 Å². The van der Waals surface area contributed by atoms with Gasteiger partial charge in [0, 0.05) is 30.4 Å². The molecular formula is C24H27FN8O2. The fourth-order valence-corrected chi connectivity index (χ4v) is 3.54. The van der Waals surface area contributed by atoms with Crippen LogP contribution in [-0.4, -0.2) is 69.1 Å². The van der Waals surface area contributed by atoms with Crippen LogP contribution in [0.1, 0.15) is 22.8 Å². The SMILES string of the molecule is CCOc1nc(N)c2nc(-c3cncc(F)c3)n(Cc3ccc(C(=O)NCCN(C)C)cc3)c2n1. The van der Waals surface area contributed by atoms with Gasteiger partial charge in [0.2, 0.25) is 0 Å². The highest BCUT2D eigenvalue weighted by Crippen LogP contribution is 2.28. The van der Waals surface area contributed by atoms with E-state index in [0.29, 0.717) is 47.8 Å². The van der Waals surface area contributed by atoms with Crippen LogP contribution in [-0.2, 0) is 6.54 Å². The van der Waals surface area contributed by atoms with Crippen molar-refractivity contribution in [3.05, 3.63) is 59.7 Å². The van der Waals surface area contributed by atoms with Crippen molar-refractivity contribution in [2.75, 3.05) is 39.5 Å². The summed E-state index contributed by atoms with van der Waals surface area (Å²) in [5, 5.41) is 2.90. The fraction of sp³-hybridized carbons (Fsp3) is 0.292. The van der Waals surface area contributed by atoms with Gasteiger partial charge in [0.15, 0.2) is 17.0 Å². The van der Waals surface area contributed by atoms with Crippen LogP contribution in [0.5, 0.6) is 6.01 Å². The number of carbonyl (C=O) groups excluding carboxylic acids is 1. The average Bonchev–Trinajstić information content (AvgIpc) is 3.18. The second-order valence-electron chi connectivity index (χ2n) is 8.17. The summed E-state index contributed by atoms with van der Waals surface area (Å²) < 4.78 is 21.2. The number of carbonyl (C=O) groups is 1. The van der Waals surface area contributed by atoms with Crippen molar-refractivity contribution in [1.29, 1.82) is 0 Å². The Labute approximate surface area is 202 Å². The third-order valence-corrected chi connectivity index (χ3v) is 5.24. The lowest BCUT2D eigenvalue weighted by atomic mass is 10.1. The molecule has 0 radical (unpaired) electrons. The maximum absolute atomic E-state index is 14.0. The third-order valence-electron chi connectivity index (χ3n) is 5.24. The summed E-state index contributed by atoms with van der Waals surface area (Å²) in [6.45, 7) is 3.85. The molecule has 0 atom stereocenters. The van der Waals surface area contributed by atoms with Gasteiger partial charge in [-0.1, -0.05) is 12.1 Å². The number of fused-ring (bicyclic) bond motifs is 1. The van der Waals surface area contributed by atoms with Crippen LogP contribution in [0, 0.1) is 5.82 Å². The highest BCUT2D eigenvalue weighted by molar-refractivity contribution is 5.94. The number of rotatable bonds is 9. The number of hydrogen-bond acceptors (Lipinski definition) is 8. The van der Waals surface area contributed by atoms with Crippen LogP contribution in [0.25, 0.3) is 22.6 Å². The first-order valence-corrected chi connectivity index (χ1v) is 11.1. The molecule has 1 aromatic carbocycles. The normalized spacial score (nSPS) is 11.2. The van der Waals surface area contributed by atoms with Gasteiger partial charge in [0.25, 0.3) is 5.91 Å². The Morgan fingerprint density at radius 3 is 2.63 bits per heavy atom. The predicted molar refractivity (Wildman–Crippen MR) is 131 cm³/mol. The lowest BCUT2D eigenvalue weighted by molar-refractivity contribution is 0.0951. The Hall–Kier alpha value is -4.12. The molecule has 3 aromatic heterocycles. The monoisotopic (exact) mass is 478 g/mol. The van der Waals surface area contributed by atoms with Gasteiger partial charge >= 0.3 is 6.01 Å². The number of likely N-dealkylation sites (N-methyl/N-ethyl adjacent to an activating group) is 1. The topological polar surface area (TPSA) is 124 Å². The molecule has 0 aliphatic heterocycles. The molecule has 4 aromatic rings. The summed E-state index contributed by atoms with van der Waals surface area (Å²) >= 11 is 0. The van der Waals surface area contributed by atoms with Crippen LogP contribution in [0.15, 0.2) is 42.7 Å². The number of amides is 1. The molecule has 0 fully saturated rings. The van der Waals surface area contributed by atoms with Crippen molar-refractivity contribution < 1.29 is 13.9 Å². The number of nitrogens with zero attached hydrogens (tertiary/aromatic N) is 6. The molecule has 35 heavy (non-hydrogen) atoms. The van der Waals surface area contributed by atoms with Gasteiger partial charge in [0.05, 0.1) is 19.3 Å². The summed E-state index contributed by atoms with van der Waals surface area (Å²) in [4.78, 5) is 31.6. The van der Waals surface area contributed by atoms with E-state index in [1.54, 1.807) is 16.7 Å². The number of anilines is 1. The predicted octanol–water partition coefficient (Wildman–Crippen LogP) is 2.35. The lowest BCUT2D eigenvalue weighted by Crippen LogP contribution is -2.31. The van der Waals surface area contributed by atoms with Gasteiger partial charge < -0.3 is 25.3 Å². The van der Waals surface area contributed by atoms with E-state index in [2.05, 4.69) is 25.3 Å². The standard InChI is InChI=1S/C24H27FN8O2/c1-4-35-24-30-20(26)19-22(31-24)33(21(29-19)17-11-18(25)13-27-12-17)14-15-5-7-16(8-6-15)23(34)28-9-10-32(2)3/h5-8,11-13H,4,9-10,14H2,1-3H3,(H,28,34)(H2,26,30,31). The molecule has 1 amide bonds. The third kappa shape index (κ3) is 5.52. The number of benzene rings is 1. The van der Waals surface area contributed by atoms with Gasteiger partial charge in [-0.2, -0.15) is 9.97 Å². The summed E-state index contributed by atoms with van der Waals surface area (Å²) in [7, 11) is 3.90. The molecule has 3 heterocycles. The molecule has 10 nitrogen and oxygen atoms in total. The molecule has 182 valence electrons. The number of nitrogens with two attached hydrogens (primary N) is 1. The van der Waals surface area contributed by atoms with Gasteiger partial charge in [-0.25, -0.2) is 9.37 Å². The summed E-state index contributed by atoms with van der Waals surface area (Å²) in [6, 6.07) is 8.71. The van der Waals surface area contributed by atoms with Crippen LogP contribution in [0.4, 0.5) is 10.2 Å². The number of imidazole rings is 1. The van der Waals surface area contributed by atoms with Crippen LogP contribution < -0.4 is 15.8 Å². The fourth-order valence-electron chi connectivity index (χ4n) is 3.54. The van der Waals surface area contributed by atoms with Gasteiger partial charge in [-0.15, -0.1) is 0 Å². The molecule has 0 bridgehead atoms. The Kier molecular flexibility index (Phi) is 7.16. The first-order valence-electron chi connectivity index (χ1n) is 11.1. The smallest absolute Gasteiger partial charge is 0.320 e. The highest BCUT2D eigenvalue weighted by Gasteiger charge is 2.19. The maximum atomic E-state index is 14.0. The minimum atomic E-state index is -0.486. The number of nitrogens with one attached hydrogen (secondary N) is 1. The lowest BCUT2D eigenvalue weighted by Gasteiger charge is -2.12. The Balaban J connectivity index is 1.69. The van der Waals surface area contributed by atoms with E-state index in [-0.39, 0.29) is 17.7 Å². The largest absolute Gasteiger partial charge is 0.464 e. The van der Waals surface area contributed by atoms with Crippen molar-refractivity contribution in [3.8, 4) is 17.4 Å². The number of aromatic nitrogens is 5. The van der Waals surface area contributed by atoms with E-state index in [1.165, 1.54) is 12.3 Å². The second kappa shape index (κ2) is 10.4. The Morgan fingerprint density at radius 2 is 1.94 bits per heavy atom. The van der Waals surface area contributed by atoms with E-state index in [0.717, 1.165) is 18.3 Å². The minimum absolute atomic E-state index is 0.132. The van der Waals surface area contributed by atoms with Crippen molar-refractivity contribution in [3.63, 3.8) is 0 Å². The molecule has 0 aliphatic rings. The van der Waals surface area contributed by atoms with Crippen molar-refractivity contribution >= 4 is 22.9 Å². The van der Waals surface area contributed by atoms with Gasteiger partial charge in [0.1, 0.15) is 11.6 Å². The molecule has 0 aliphatic carbocycles. The zero-order valence-corrected chi connectivity index (χ0v) is 19.8. The molecule has 0 unspecified atom stereocenters. The van der Waals surface area contributed by atoms with E-state index in [4.69, 9.17) is 10.5 Å². The van der Waals surface area contributed by atoms with Gasteiger partial charge in [-0.3, -0.25) is 9.78 Å². The van der Waals surface area contributed by atoms with E-state index < -0.39 is 5.82 Å². The molecule has 4 rings (SSSR count). The molecular weight excluding hydrogens is 451 g/mol. The van der Waals surface area contributed by atoms with Crippen LogP contribution in [0.3, 0.4) is 0 Å². The first-order chi connectivity index (χ1) is 16.9. The highest BCUT2D eigenvalue weighted by atomic mass is 19.1. The first kappa shape index (κ1) is 24.0. The molecule has 0 saturated carbocycles. The maximum Gasteiger partial charge on any atom is 0.320 e. The molecule has 0 spiro atoms.